The number of carbonyl (C=O) groups excluding carboxylic acids is 3. The third kappa shape index (κ3) is 7.11. The van der Waals surface area contributed by atoms with Crippen molar-refractivity contribution in [3.8, 4) is 5.75 Å². The molecule has 3 N–H and O–H groups in total. The molecule has 0 aliphatic carbocycles. The van der Waals surface area contributed by atoms with Gasteiger partial charge in [-0.15, -0.1) is 0 Å². The summed E-state index contributed by atoms with van der Waals surface area (Å²) in [6, 6.07) is 4.98. The molecule has 0 saturated heterocycles. The van der Waals surface area contributed by atoms with E-state index in [1.54, 1.807) is 32.9 Å². The molecule has 0 bridgehead atoms. The predicted octanol–water partition coefficient (Wildman–Crippen LogP) is 1.58. The van der Waals surface area contributed by atoms with Crippen LogP contribution < -0.4 is 10.6 Å². The Morgan fingerprint density at radius 2 is 1.84 bits per heavy atom. The summed E-state index contributed by atoms with van der Waals surface area (Å²) in [6.45, 7) is 5.29. The number of hydrogen-bond acceptors (Lipinski definition) is 6. The van der Waals surface area contributed by atoms with Gasteiger partial charge in [0.15, 0.2) is 0 Å². The fraction of sp³-hybridized carbons (Fsp3) is 0.471. The van der Waals surface area contributed by atoms with Crippen LogP contribution in [0.1, 0.15) is 37.6 Å². The molecule has 0 aliphatic rings. The monoisotopic (exact) mass is 352 g/mol. The van der Waals surface area contributed by atoms with Crippen LogP contribution in [0.2, 0.25) is 0 Å². The summed E-state index contributed by atoms with van der Waals surface area (Å²) in [5.41, 5.74) is -0.596. The van der Waals surface area contributed by atoms with Crippen molar-refractivity contribution in [1.82, 2.24) is 10.6 Å². The molecule has 0 heterocycles. The number of para-hydroxylation sites is 1. The number of hydrogen-bond donors (Lipinski definition) is 3. The van der Waals surface area contributed by atoms with Crippen LogP contribution in [-0.2, 0) is 14.3 Å². The average Bonchev–Trinajstić information content (AvgIpc) is 2.51. The lowest BCUT2D eigenvalue weighted by atomic mass is 10.1. The fourth-order valence-electron chi connectivity index (χ4n) is 1.93. The molecule has 25 heavy (non-hydrogen) atoms. The van der Waals surface area contributed by atoms with Gasteiger partial charge in [0, 0.05) is 6.54 Å². The summed E-state index contributed by atoms with van der Waals surface area (Å²) < 4.78 is 9.74. The van der Waals surface area contributed by atoms with E-state index < -0.39 is 29.6 Å². The summed E-state index contributed by atoms with van der Waals surface area (Å²) in [7, 11) is 1.20. The number of nitrogens with one attached hydrogen (secondary N) is 2. The molecular weight excluding hydrogens is 328 g/mol. The Bertz CT molecular complexity index is 624. The smallest absolute Gasteiger partial charge is 0.407 e. The molecule has 1 atom stereocenters. The number of ether oxygens (including phenoxy) is 2. The van der Waals surface area contributed by atoms with Crippen molar-refractivity contribution in [3.63, 3.8) is 0 Å². The highest BCUT2D eigenvalue weighted by atomic mass is 16.6. The Morgan fingerprint density at radius 1 is 1.20 bits per heavy atom. The van der Waals surface area contributed by atoms with Gasteiger partial charge in [-0.1, -0.05) is 12.1 Å². The maximum Gasteiger partial charge on any atom is 0.407 e. The summed E-state index contributed by atoms with van der Waals surface area (Å²) >= 11 is 0. The van der Waals surface area contributed by atoms with Gasteiger partial charge in [-0.2, -0.15) is 0 Å². The third-order valence-electron chi connectivity index (χ3n) is 3.04. The molecule has 1 unspecified atom stereocenters. The van der Waals surface area contributed by atoms with Gasteiger partial charge >= 0.3 is 12.1 Å². The van der Waals surface area contributed by atoms with Crippen molar-refractivity contribution < 1.29 is 29.0 Å². The first-order valence-corrected chi connectivity index (χ1v) is 7.77. The second kappa shape index (κ2) is 8.91. The Morgan fingerprint density at radius 3 is 2.40 bits per heavy atom. The number of methoxy groups -OCH3 is 1. The molecule has 0 saturated carbocycles. The zero-order valence-corrected chi connectivity index (χ0v) is 14.8. The lowest BCUT2D eigenvalue weighted by molar-refractivity contribution is -0.143. The zero-order valence-electron chi connectivity index (χ0n) is 14.8. The van der Waals surface area contributed by atoms with Gasteiger partial charge in [0.05, 0.1) is 12.7 Å². The van der Waals surface area contributed by atoms with E-state index in [-0.39, 0.29) is 24.3 Å². The normalized spacial score (nSPS) is 12.0. The molecule has 138 valence electrons. The number of amides is 2. The topological polar surface area (TPSA) is 114 Å². The Labute approximate surface area is 146 Å². The number of rotatable bonds is 6. The van der Waals surface area contributed by atoms with Gasteiger partial charge in [-0.05, 0) is 39.3 Å². The van der Waals surface area contributed by atoms with Crippen molar-refractivity contribution in [2.24, 2.45) is 0 Å². The largest absolute Gasteiger partial charge is 0.507 e. The second-order valence-electron chi connectivity index (χ2n) is 6.28. The van der Waals surface area contributed by atoms with E-state index in [0.717, 1.165) is 0 Å². The highest BCUT2D eigenvalue weighted by Crippen LogP contribution is 2.15. The zero-order chi connectivity index (χ0) is 19.0. The standard InChI is InChI=1S/C17H24N2O6/c1-17(2,3)25-16(23)18-10-9-12(15(22)24-4)19-14(21)11-7-5-6-8-13(11)20/h5-8,12,20H,9-10H2,1-4H3,(H,18,23)(H,19,21). The van der Waals surface area contributed by atoms with E-state index in [1.165, 1.54) is 19.2 Å². The van der Waals surface area contributed by atoms with E-state index in [1.807, 2.05) is 0 Å². The summed E-state index contributed by atoms with van der Waals surface area (Å²) in [5, 5.41) is 14.7. The van der Waals surface area contributed by atoms with Crippen LogP contribution in [0.4, 0.5) is 4.79 Å². The van der Waals surface area contributed by atoms with Crippen LogP contribution in [-0.4, -0.2) is 48.4 Å². The van der Waals surface area contributed by atoms with Crippen molar-refractivity contribution in [3.05, 3.63) is 29.8 Å². The molecule has 0 fully saturated rings. The minimum Gasteiger partial charge on any atom is -0.507 e. The lowest BCUT2D eigenvalue weighted by Gasteiger charge is -2.21. The molecule has 1 aromatic carbocycles. The van der Waals surface area contributed by atoms with Crippen molar-refractivity contribution in [2.45, 2.75) is 38.8 Å². The first-order valence-electron chi connectivity index (χ1n) is 7.77. The number of benzene rings is 1. The average molecular weight is 352 g/mol. The molecule has 0 aromatic heterocycles. The van der Waals surface area contributed by atoms with Crippen LogP contribution in [0.25, 0.3) is 0 Å². The van der Waals surface area contributed by atoms with E-state index in [2.05, 4.69) is 15.4 Å². The first-order chi connectivity index (χ1) is 11.6. The number of phenols is 1. The Balaban J connectivity index is 2.63. The predicted molar refractivity (Wildman–Crippen MR) is 90.2 cm³/mol. The fourth-order valence-corrected chi connectivity index (χ4v) is 1.93. The van der Waals surface area contributed by atoms with Gasteiger partial charge in [0.25, 0.3) is 5.91 Å². The lowest BCUT2D eigenvalue weighted by Crippen LogP contribution is -2.44. The van der Waals surface area contributed by atoms with E-state index in [4.69, 9.17) is 4.74 Å². The van der Waals surface area contributed by atoms with Crippen LogP contribution in [0.15, 0.2) is 24.3 Å². The third-order valence-corrected chi connectivity index (χ3v) is 3.04. The highest BCUT2D eigenvalue weighted by molar-refractivity contribution is 5.98. The van der Waals surface area contributed by atoms with Gasteiger partial charge in [-0.3, -0.25) is 4.79 Å². The maximum absolute atomic E-state index is 12.2. The van der Waals surface area contributed by atoms with Crippen LogP contribution in [0.5, 0.6) is 5.75 Å². The van der Waals surface area contributed by atoms with Gasteiger partial charge in [0.2, 0.25) is 0 Å². The molecular formula is C17H24N2O6. The van der Waals surface area contributed by atoms with E-state index in [9.17, 15) is 19.5 Å². The van der Waals surface area contributed by atoms with Crippen LogP contribution >= 0.6 is 0 Å². The Hall–Kier alpha value is -2.77. The van der Waals surface area contributed by atoms with Gasteiger partial charge < -0.3 is 25.2 Å². The molecule has 8 heteroatoms. The van der Waals surface area contributed by atoms with Crippen LogP contribution in [0.3, 0.4) is 0 Å². The number of esters is 1. The first kappa shape index (κ1) is 20.3. The number of phenolic OH excluding ortho intramolecular Hbond substituents is 1. The van der Waals surface area contributed by atoms with E-state index in [0.29, 0.717) is 0 Å². The highest BCUT2D eigenvalue weighted by Gasteiger charge is 2.24. The minimum atomic E-state index is -0.980. The van der Waals surface area contributed by atoms with Gasteiger partial charge in [-0.25, -0.2) is 9.59 Å². The molecule has 1 rings (SSSR count). The molecule has 2 amide bonds. The van der Waals surface area contributed by atoms with Crippen molar-refractivity contribution in [1.29, 1.82) is 0 Å². The van der Waals surface area contributed by atoms with Crippen LogP contribution in [0, 0.1) is 0 Å². The molecule has 8 nitrogen and oxygen atoms in total. The Kier molecular flexibility index (Phi) is 7.22. The maximum atomic E-state index is 12.2. The molecule has 0 spiro atoms. The number of aromatic hydroxyl groups is 1. The molecule has 0 radical (unpaired) electrons. The summed E-state index contributed by atoms with van der Waals surface area (Å²) in [6.07, 6.45) is -0.520. The van der Waals surface area contributed by atoms with E-state index >= 15 is 0 Å². The minimum absolute atomic E-state index is 0.0384. The SMILES string of the molecule is COC(=O)C(CCNC(=O)OC(C)(C)C)NC(=O)c1ccccc1O. The van der Waals surface area contributed by atoms with Crippen molar-refractivity contribution in [2.75, 3.05) is 13.7 Å². The number of carbonyl (C=O) groups is 3. The summed E-state index contributed by atoms with van der Waals surface area (Å²) in [5.74, 6) is -1.48. The van der Waals surface area contributed by atoms with Crippen molar-refractivity contribution >= 4 is 18.0 Å². The molecule has 0 aliphatic heterocycles. The second-order valence-corrected chi connectivity index (χ2v) is 6.28. The molecule has 1 aromatic rings. The quantitative estimate of drug-likeness (QED) is 0.670. The summed E-state index contributed by atoms with van der Waals surface area (Å²) in [4.78, 5) is 35.6. The van der Waals surface area contributed by atoms with Gasteiger partial charge in [0.1, 0.15) is 17.4 Å². The number of alkyl carbamates (subject to hydrolysis) is 1.